The van der Waals surface area contributed by atoms with Crippen LogP contribution in [0.15, 0.2) is 6.33 Å². The highest BCUT2D eigenvalue weighted by Crippen LogP contribution is 2.34. The Balaban J connectivity index is 1.52. The summed E-state index contributed by atoms with van der Waals surface area (Å²) < 4.78 is 0. The number of hydrogen-bond acceptors (Lipinski definition) is 5. The predicted octanol–water partition coefficient (Wildman–Crippen LogP) is 0.344. The molecule has 2 fully saturated rings. The van der Waals surface area contributed by atoms with Crippen LogP contribution in [0, 0.1) is 11.8 Å². The molecule has 2 amide bonds. The summed E-state index contributed by atoms with van der Waals surface area (Å²) in [5.41, 5.74) is 2.11. The Labute approximate surface area is 141 Å². The lowest BCUT2D eigenvalue weighted by atomic mass is 10.0. The van der Waals surface area contributed by atoms with Crippen LogP contribution in [-0.2, 0) is 22.6 Å². The second-order valence-corrected chi connectivity index (χ2v) is 6.95. The first-order valence-corrected chi connectivity index (χ1v) is 8.75. The number of carbonyl (C=O) groups is 2. The molecule has 7 heteroatoms. The molecule has 1 atom stereocenters. The fourth-order valence-corrected chi connectivity index (χ4v) is 3.76. The summed E-state index contributed by atoms with van der Waals surface area (Å²) in [6.45, 7) is 2.88. The summed E-state index contributed by atoms with van der Waals surface area (Å²) in [5.74, 6) is 1.60. The molecule has 0 spiro atoms. The Morgan fingerprint density at radius 1 is 1.17 bits per heavy atom. The van der Waals surface area contributed by atoms with Gasteiger partial charge in [-0.15, -0.1) is 0 Å². The molecule has 1 aromatic rings. The Kier molecular flexibility index (Phi) is 3.86. The summed E-state index contributed by atoms with van der Waals surface area (Å²) in [4.78, 5) is 37.2. The maximum Gasteiger partial charge on any atom is 0.226 e. The van der Waals surface area contributed by atoms with Crippen molar-refractivity contribution >= 4 is 17.6 Å². The van der Waals surface area contributed by atoms with Crippen molar-refractivity contribution in [3.05, 3.63) is 17.6 Å². The van der Waals surface area contributed by atoms with E-state index in [4.69, 9.17) is 0 Å². The van der Waals surface area contributed by atoms with Crippen LogP contribution in [0.1, 0.15) is 30.5 Å². The van der Waals surface area contributed by atoms with E-state index in [0.717, 1.165) is 55.8 Å². The van der Waals surface area contributed by atoms with Crippen molar-refractivity contribution in [3.8, 4) is 0 Å². The average Bonchev–Trinajstić information content (AvgIpc) is 3.36. The number of fused-ring (bicyclic) bond motifs is 1. The van der Waals surface area contributed by atoms with Crippen molar-refractivity contribution in [1.29, 1.82) is 0 Å². The van der Waals surface area contributed by atoms with Crippen molar-refractivity contribution in [2.75, 3.05) is 31.6 Å². The second kappa shape index (κ2) is 6.03. The third-order valence-electron chi connectivity index (χ3n) is 5.33. The highest BCUT2D eigenvalue weighted by Gasteiger charge is 2.36. The van der Waals surface area contributed by atoms with Gasteiger partial charge in [0.05, 0.1) is 18.2 Å². The topological polar surface area (TPSA) is 78.4 Å². The molecular formula is C17H23N5O2. The van der Waals surface area contributed by atoms with E-state index in [0.29, 0.717) is 13.1 Å². The highest BCUT2D eigenvalue weighted by atomic mass is 16.2. The van der Waals surface area contributed by atoms with E-state index in [1.165, 1.54) is 0 Å². The van der Waals surface area contributed by atoms with Gasteiger partial charge in [0.2, 0.25) is 11.8 Å². The largest absolute Gasteiger partial charge is 0.359 e. The number of carbonyl (C=O) groups excluding carboxylic acids is 2. The lowest BCUT2D eigenvalue weighted by Crippen LogP contribution is -2.38. The summed E-state index contributed by atoms with van der Waals surface area (Å²) in [7, 11) is 1.68. The molecule has 7 nitrogen and oxygen atoms in total. The molecule has 0 radical (unpaired) electrons. The number of nitrogens with one attached hydrogen (secondary N) is 1. The van der Waals surface area contributed by atoms with Gasteiger partial charge >= 0.3 is 0 Å². The fourth-order valence-electron chi connectivity index (χ4n) is 3.76. The Bertz CT molecular complexity index is 673. The summed E-state index contributed by atoms with van der Waals surface area (Å²) in [5, 5.41) is 2.73. The zero-order valence-electron chi connectivity index (χ0n) is 14.0. The first-order chi connectivity index (χ1) is 11.7. The molecule has 1 aromatic heterocycles. The average molecular weight is 329 g/mol. The Hall–Kier alpha value is -2.18. The third kappa shape index (κ3) is 2.72. The van der Waals surface area contributed by atoms with Crippen LogP contribution in [0.25, 0.3) is 0 Å². The standard InChI is InChI=1S/C17H23N5O2/c1-18-16(23)12-4-6-21(8-12)15-13-5-7-22(17(24)11-2-3-11)9-14(13)19-10-20-15/h10-12H,2-9H2,1H3,(H,18,23)/t12-/m0/s1. The maximum atomic E-state index is 12.3. The minimum absolute atomic E-state index is 0.0251. The van der Waals surface area contributed by atoms with Gasteiger partial charge in [0.1, 0.15) is 12.1 Å². The summed E-state index contributed by atoms with van der Waals surface area (Å²) in [6.07, 6.45) is 5.31. The number of amides is 2. The third-order valence-corrected chi connectivity index (χ3v) is 5.33. The van der Waals surface area contributed by atoms with Crippen LogP contribution >= 0.6 is 0 Å². The van der Waals surface area contributed by atoms with E-state index < -0.39 is 0 Å². The molecular weight excluding hydrogens is 306 g/mol. The molecule has 128 valence electrons. The van der Waals surface area contributed by atoms with E-state index in [2.05, 4.69) is 20.2 Å². The summed E-state index contributed by atoms with van der Waals surface area (Å²) >= 11 is 0. The SMILES string of the molecule is CNC(=O)[C@H]1CCN(c2ncnc3c2CCN(C(=O)C2CC2)C3)C1. The number of rotatable bonds is 3. The molecule has 0 bridgehead atoms. The van der Waals surface area contributed by atoms with E-state index >= 15 is 0 Å². The molecule has 0 aromatic carbocycles. The second-order valence-electron chi connectivity index (χ2n) is 6.95. The molecule has 1 saturated heterocycles. The molecule has 1 aliphatic carbocycles. The number of anilines is 1. The van der Waals surface area contributed by atoms with Gasteiger partial charge in [0, 0.05) is 38.2 Å². The first-order valence-electron chi connectivity index (χ1n) is 8.75. The smallest absolute Gasteiger partial charge is 0.226 e. The van der Waals surface area contributed by atoms with Crippen molar-refractivity contribution < 1.29 is 9.59 Å². The van der Waals surface area contributed by atoms with Gasteiger partial charge in [0.25, 0.3) is 0 Å². The molecule has 24 heavy (non-hydrogen) atoms. The van der Waals surface area contributed by atoms with Crippen LogP contribution < -0.4 is 10.2 Å². The predicted molar refractivity (Wildman–Crippen MR) is 88.3 cm³/mol. The lowest BCUT2D eigenvalue weighted by Gasteiger charge is -2.31. The van der Waals surface area contributed by atoms with E-state index in [-0.39, 0.29) is 23.7 Å². The fraction of sp³-hybridized carbons (Fsp3) is 0.647. The Morgan fingerprint density at radius 2 is 2.00 bits per heavy atom. The number of hydrogen-bond donors (Lipinski definition) is 1. The van der Waals surface area contributed by atoms with Gasteiger partial charge in [-0.25, -0.2) is 9.97 Å². The lowest BCUT2D eigenvalue weighted by molar-refractivity contribution is -0.133. The number of aromatic nitrogens is 2. The van der Waals surface area contributed by atoms with Gasteiger partial charge in [-0.2, -0.15) is 0 Å². The van der Waals surface area contributed by atoms with Gasteiger partial charge in [0.15, 0.2) is 0 Å². The summed E-state index contributed by atoms with van der Waals surface area (Å²) in [6, 6.07) is 0. The van der Waals surface area contributed by atoms with Gasteiger partial charge in [-0.1, -0.05) is 0 Å². The van der Waals surface area contributed by atoms with E-state index in [1.54, 1.807) is 13.4 Å². The quantitative estimate of drug-likeness (QED) is 0.865. The normalized spacial score (nSPS) is 23.1. The monoisotopic (exact) mass is 329 g/mol. The maximum absolute atomic E-state index is 12.3. The molecule has 0 unspecified atom stereocenters. The zero-order chi connectivity index (χ0) is 16.7. The minimum atomic E-state index is 0.0251. The van der Waals surface area contributed by atoms with Gasteiger partial charge in [-0.3, -0.25) is 9.59 Å². The van der Waals surface area contributed by atoms with Crippen molar-refractivity contribution in [1.82, 2.24) is 20.2 Å². The van der Waals surface area contributed by atoms with Crippen LogP contribution in [0.4, 0.5) is 5.82 Å². The van der Waals surface area contributed by atoms with E-state index in [9.17, 15) is 9.59 Å². The molecule has 3 aliphatic rings. The highest BCUT2D eigenvalue weighted by molar-refractivity contribution is 5.81. The molecule has 2 aliphatic heterocycles. The van der Waals surface area contributed by atoms with Crippen molar-refractivity contribution in [3.63, 3.8) is 0 Å². The Morgan fingerprint density at radius 3 is 2.75 bits per heavy atom. The molecule has 1 N–H and O–H groups in total. The van der Waals surface area contributed by atoms with Crippen molar-refractivity contribution in [2.45, 2.75) is 32.2 Å². The van der Waals surface area contributed by atoms with Gasteiger partial charge in [-0.05, 0) is 25.7 Å². The van der Waals surface area contributed by atoms with Crippen LogP contribution in [0.2, 0.25) is 0 Å². The van der Waals surface area contributed by atoms with Crippen molar-refractivity contribution in [2.24, 2.45) is 11.8 Å². The van der Waals surface area contributed by atoms with Gasteiger partial charge < -0.3 is 15.1 Å². The molecule has 1 saturated carbocycles. The molecule has 3 heterocycles. The van der Waals surface area contributed by atoms with Crippen LogP contribution in [0.5, 0.6) is 0 Å². The minimum Gasteiger partial charge on any atom is -0.359 e. The number of nitrogens with zero attached hydrogens (tertiary/aromatic N) is 4. The van der Waals surface area contributed by atoms with Crippen LogP contribution in [-0.4, -0.2) is 53.4 Å². The molecule has 4 rings (SSSR count). The van der Waals surface area contributed by atoms with E-state index in [1.807, 2.05) is 4.90 Å². The first kappa shape index (κ1) is 15.4. The zero-order valence-corrected chi connectivity index (χ0v) is 14.0. The van der Waals surface area contributed by atoms with Crippen LogP contribution in [0.3, 0.4) is 0 Å².